The minimum Gasteiger partial charge on any atom is -0.387 e. The fourth-order valence-electron chi connectivity index (χ4n) is 2.61. The first kappa shape index (κ1) is 15.8. The Morgan fingerprint density at radius 3 is 2.71 bits per heavy atom. The van der Waals surface area contributed by atoms with Crippen molar-refractivity contribution in [1.82, 2.24) is 9.88 Å². The first-order valence-corrected chi connectivity index (χ1v) is 7.60. The van der Waals surface area contributed by atoms with Gasteiger partial charge in [-0.25, -0.2) is 0 Å². The van der Waals surface area contributed by atoms with Crippen LogP contribution in [0, 0.1) is 11.3 Å². The summed E-state index contributed by atoms with van der Waals surface area (Å²) in [6, 6.07) is 16.1. The number of hydrogen-bond donors (Lipinski definition) is 2. The molecule has 0 aliphatic rings. The molecule has 0 aliphatic carbocycles. The maximum atomic E-state index is 12.1. The van der Waals surface area contributed by atoms with Gasteiger partial charge in [-0.1, -0.05) is 6.07 Å². The second-order valence-electron chi connectivity index (χ2n) is 5.66. The van der Waals surface area contributed by atoms with E-state index in [2.05, 4.69) is 5.32 Å². The van der Waals surface area contributed by atoms with E-state index < -0.39 is 6.10 Å². The van der Waals surface area contributed by atoms with Gasteiger partial charge in [-0.05, 0) is 53.4 Å². The highest BCUT2D eigenvalue weighted by Crippen LogP contribution is 2.20. The molecule has 24 heavy (non-hydrogen) atoms. The van der Waals surface area contributed by atoms with Gasteiger partial charge in [0.15, 0.2) is 0 Å². The van der Waals surface area contributed by atoms with Crippen LogP contribution in [0.3, 0.4) is 0 Å². The summed E-state index contributed by atoms with van der Waals surface area (Å²) in [5.74, 6) is -0.278. The van der Waals surface area contributed by atoms with Gasteiger partial charge in [-0.15, -0.1) is 0 Å². The van der Waals surface area contributed by atoms with Crippen LogP contribution in [0.5, 0.6) is 0 Å². The summed E-state index contributed by atoms with van der Waals surface area (Å²) >= 11 is 0. The third-order valence-corrected chi connectivity index (χ3v) is 4.03. The minimum absolute atomic E-state index is 0.122. The molecule has 2 N–H and O–H groups in total. The maximum Gasteiger partial charge on any atom is 0.251 e. The molecule has 0 fully saturated rings. The van der Waals surface area contributed by atoms with Crippen LogP contribution in [0.4, 0.5) is 0 Å². The minimum atomic E-state index is -0.781. The number of nitrogens with one attached hydrogen (secondary N) is 1. The van der Waals surface area contributed by atoms with Crippen molar-refractivity contribution in [3.8, 4) is 6.07 Å². The molecule has 2 aromatic carbocycles. The Balaban J connectivity index is 1.66. The summed E-state index contributed by atoms with van der Waals surface area (Å²) in [5.41, 5.74) is 2.81. The number of aryl methyl sites for hydroxylation is 1. The lowest BCUT2D eigenvalue weighted by Gasteiger charge is -2.13. The molecule has 3 aromatic rings. The van der Waals surface area contributed by atoms with Gasteiger partial charge < -0.3 is 15.0 Å². The van der Waals surface area contributed by atoms with E-state index in [0.717, 1.165) is 16.5 Å². The summed E-state index contributed by atoms with van der Waals surface area (Å²) < 4.78 is 2.01. The van der Waals surface area contributed by atoms with Gasteiger partial charge in [0, 0.05) is 30.9 Å². The van der Waals surface area contributed by atoms with E-state index in [9.17, 15) is 9.90 Å². The molecule has 1 aromatic heterocycles. The highest BCUT2D eigenvalue weighted by atomic mass is 16.3. The number of aliphatic hydroxyl groups is 1. The van der Waals surface area contributed by atoms with Crippen LogP contribution < -0.4 is 5.32 Å². The van der Waals surface area contributed by atoms with Crippen LogP contribution in [0.15, 0.2) is 54.7 Å². The van der Waals surface area contributed by atoms with Gasteiger partial charge in [0.25, 0.3) is 5.91 Å². The lowest BCUT2D eigenvalue weighted by atomic mass is 10.1. The molecule has 0 spiro atoms. The highest BCUT2D eigenvalue weighted by Gasteiger charge is 2.12. The molecule has 120 valence electrons. The summed E-state index contributed by atoms with van der Waals surface area (Å²) in [6.45, 7) is 0.122. The molecule has 5 heteroatoms. The Morgan fingerprint density at radius 2 is 2.00 bits per heavy atom. The van der Waals surface area contributed by atoms with Gasteiger partial charge in [0.2, 0.25) is 0 Å². The first-order chi connectivity index (χ1) is 11.6. The Hall–Kier alpha value is -3.10. The third-order valence-electron chi connectivity index (χ3n) is 4.03. The van der Waals surface area contributed by atoms with Crippen molar-refractivity contribution in [1.29, 1.82) is 5.26 Å². The molecular weight excluding hydrogens is 302 g/mol. The average Bonchev–Trinajstić information content (AvgIpc) is 3.00. The van der Waals surface area contributed by atoms with Crippen molar-refractivity contribution < 1.29 is 9.90 Å². The Kier molecular flexibility index (Phi) is 4.32. The smallest absolute Gasteiger partial charge is 0.251 e. The number of nitriles is 1. The first-order valence-electron chi connectivity index (χ1n) is 7.60. The summed E-state index contributed by atoms with van der Waals surface area (Å²) in [6.07, 6.45) is 1.19. The summed E-state index contributed by atoms with van der Waals surface area (Å²) in [4.78, 5) is 12.1. The Labute approximate surface area is 139 Å². The predicted octanol–water partition coefficient (Wildman–Crippen LogP) is 2.51. The number of nitrogens with zero attached hydrogens (tertiary/aromatic N) is 2. The van der Waals surface area contributed by atoms with E-state index in [4.69, 9.17) is 5.26 Å². The molecule has 0 saturated heterocycles. The van der Waals surface area contributed by atoms with Crippen LogP contribution in [-0.4, -0.2) is 22.1 Å². The molecule has 1 heterocycles. The van der Waals surface area contributed by atoms with Gasteiger partial charge in [-0.3, -0.25) is 4.79 Å². The topological polar surface area (TPSA) is 78.0 Å². The summed E-state index contributed by atoms with van der Waals surface area (Å²) in [5, 5.41) is 22.8. The molecule has 1 atom stereocenters. The second kappa shape index (κ2) is 6.57. The van der Waals surface area contributed by atoms with E-state index in [-0.39, 0.29) is 12.5 Å². The van der Waals surface area contributed by atoms with Crippen molar-refractivity contribution in [2.75, 3.05) is 6.54 Å². The van der Waals surface area contributed by atoms with E-state index >= 15 is 0 Å². The SMILES string of the molecule is Cn1ccc2cc(C(O)CNC(=O)c3ccc(C#N)cc3)ccc21. The van der Waals surface area contributed by atoms with Crippen LogP contribution in [0.2, 0.25) is 0 Å². The Morgan fingerprint density at radius 1 is 1.25 bits per heavy atom. The van der Waals surface area contributed by atoms with Gasteiger partial charge in [-0.2, -0.15) is 5.26 Å². The average molecular weight is 319 g/mol. The molecule has 5 nitrogen and oxygen atoms in total. The van der Waals surface area contributed by atoms with Crippen LogP contribution in [0.1, 0.15) is 27.6 Å². The Bertz CT molecular complexity index is 920. The van der Waals surface area contributed by atoms with E-state index in [1.165, 1.54) is 0 Å². The number of fused-ring (bicyclic) bond motifs is 1. The molecule has 3 rings (SSSR count). The van der Waals surface area contributed by atoms with Crippen molar-refractivity contribution >= 4 is 16.8 Å². The van der Waals surface area contributed by atoms with Crippen LogP contribution in [0.25, 0.3) is 10.9 Å². The number of carbonyl (C=O) groups is 1. The second-order valence-corrected chi connectivity index (χ2v) is 5.66. The van der Waals surface area contributed by atoms with Gasteiger partial charge in [0.05, 0.1) is 17.7 Å². The number of carbonyl (C=O) groups excluding carboxylic acids is 1. The lowest BCUT2D eigenvalue weighted by molar-refractivity contribution is 0.0916. The predicted molar refractivity (Wildman–Crippen MR) is 91.4 cm³/mol. The number of aliphatic hydroxyl groups excluding tert-OH is 1. The lowest BCUT2D eigenvalue weighted by Crippen LogP contribution is -2.28. The zero-order valence-corrected chi connectivity index (χ0v) is 13.2. The summed E-state index contributed by atoms with van der Waals surface area (Å²) in [7, 11) is 1.97. The molecule has 0 aliphatic heterocycles. The standard InChI is InChI=1S/C19H17N3O2/c1-22-9-8-15-10-16(6-7-17(15)22)18(23)12-21-19(24)14-4-2-13(11-20)3-5-14/h2-10,18,23H,12H2,1H3,(H,21,24). The van der Waals surface area contributed by atoms with E-state index in [1.807, 2.05) is 48.1 Å². The zero-order chi connectivity index (χ0) is 17.1. The largest absolute Gasteiger partial charge is 0.387 e. The third kappa shape index (κ3) is 3.14. The highest BCUT2D eigenvalue weighted by molar-refractivity contribution is 5.94. The van der Waals surface area contributed by atoms with Crippen molar-refractivity contribution in [2.45, 2.75) is 6.10 Å². The van der Waals surface area contributed by atoms with Crippen LogP contribution in [-0.2, 0) is 7.05 Å². The molecule has 0 radical (unpaired) electrons. The molecule has 1 unspecified atom stereocenters. The number of amides is 1. The van der Waals surface area contributed by atoms with E-state index in [1.54, 1.807) is 24.3 Å². The zero-order valence-electron chi connectivity index (χ0n) is 13.2. The van der Waals surface area contributed by atoms with Crippen LogP contribution >= 0.6 is 0 Å². The molecular formula is C19H17N3O2. The quantitative estimate of drug-likeness (QED) is 0.775. The molecule has 0 bridgehead atoms. The van der Waals surface area contributed by atoms with Gasteiger partial charge in [0.1, 0.15) is 0 Å². The number of aromatic nitrogens is 1. The fraction of sp³-hybridized carbons (Fsp3) is 0.158. The fourth-order valence-corrected chi connectivity index (χ4v) is 2.61. The van der Waals surface area contributed by atoms with Crippen molar-refractivity contribution in [3.05, 3.63) is 71.4 Å². The molecule has 0 saturated carbocycles. The van der Waals surface area contributed by atoms with Crippen molar-refractivity contribution in [3.63, 3.8) is 0 Å². The number of hydrogen-bond acceptors (Lipinski definition) is 3. The van der Waals surface area contributed by atoms with E-state index in [0.29, 0.717) is 11.1 Å². The number of rotatable bonds is 4. The monoisotopic (exact) mass is 319 g/mol. The normalized spacial score (nSPS) is 11.9. The number of benzene rings is 2. The maximum absolute atomic E-state index is 12.1. The van der Waals surface area contributed by atoms with Crippen molar-refractivity contribution in [2.24, 2.45) is 7.05 Å². The van der Waals surface area contributed by atoms with Gasteiger partial charge >= 0.3 is 0 Å². The molecule has 1 amide bonds.